The van der Waals surface area contributed by atoms with Gasteiger partial charge in [-0.3, -0.25) is 4.79 Å². The topological polar surface area (TPSA) is 89.6 Å². The number of carbonyl (C=O) groups is 2. The Balaban J connectivity index is 1.58. The largest absolute Gasteiger partial charge is 0.478 e. The zero-order chi connectivity index (χ0) is 25.1. The van der Waals surface area contributed by atoms with Crippen molar-refractivity contribution in [2.75, 3.05) is 31.1 Å². The van der Waals surface area contributed by atoms with Gasteiger partial charge in [0.1, 0.15) is 11.6 Å². The molecular weight excluding hydrogens is 440 g/mol. The molecule has 7 nitrogen and oxygen atoms in total. The van der Waals surface area contributed by atoms with Crippen LogP contribution in [0.4, 0.5) is 5.69 Å². The molecule has 2 aromatic carbocycles. The van der Waals surface area contributed by atoms with Crippen LogP contribution in [0, 0.1) is 32.1 Å². The molecule has 0 aliphatic carbocycles. The molecule has 1 aliphatic rings. The highest BCUT2D eigenvalue weighted by molar-refractivity contribution is 6.02. The van der Waals surface area contributed by atoms with E-state index in [0.29, 0.717) is 31.7 Å². The summed E-state index contributed by atoms with van der Waals surface area (Å²) in [5.41, 5.74) is 5.37. The zero-order valence-electron chi connectivity index (χ0n) is 20.2. The van der Waals surface area contributed by atoms with Crippen LogP contribution in [0.1, 0.15) is 32.9 Å². The van der Waals surface area contributed by atoms with Gasteiger partial charge >= 0.3 is 5.97 Å². The van der Waals surface area contributed by atoms with Crippen molar-refractivity contribution in [1.82, 2.24) is 9.47 Å². The Labute approximate surface area is 205 Å². The molecular formula is C28H28N4O3. The summed E-state index contributed by atoms with van der Waals surface area (Å²) in [4.78, 5) is 28.7. The third-order valence-corrected chi connectivity index (χ3v) is 6.59. The van der Waals surface area contributed by atoms with Crippen LogP contribution in [0.25, 0.3) is 11.8 Å². The summed E-state index contributed by atoms with van der Waals surface area (Å²) in [7, 11) is 0. The van der Waals surface area contributed by atoms with Crippen molar-refractivity contribution in [3.05, 3.63) is 88.2 Å². The summed E-state index contributed by atoms with van der Waals surface area (Å²) in [5.74, 6) is -1.24. The number of nitrogens with zero attached hydrogens (tertiary/aromatic N) is 4. The van der Waals surface area contributed by atoms with Gasteiger partial charge in [0.25, 0.3) is 5.91 Å². The molecule has 0 spiro atoms. The van der Waals surface area contributed by atoms with Gasteiger partial charge in [0.05, 0.1) is 5.56 Å². The number of carboxylic acid groups (broad SMARTS) is 1. The summed E-state index contributed by atoms with van der Waals surface area (Å²) in [6.07, 6.45) is 1.64. The number of benzene rings is 2. The van der Waals surface area contributed by atoms with Crippen LogP contribution in [0.3, 0.4) is 0 Å². The van der Waals surface area contributed by atoms with Gasteiger partial charge in [-0.25, -0.2) is 4.79 Å². The molecule has 1 aromatic heterocycles. The third-order valence-electron chi connectivity index (χ3n) is 6.59. The Morgan fingerprint density at radius 1 is 0.971 bits per heavy atom. The molecule has 0 atom stereocenters. The number of hydrogen-bond donors (Lipinski definition) is 1. The van der Waals surface area contributed by atoms with E-state index in [-0.39, 0.29) is 17.0 Å². The van der Waals surface area contributed by atoms with Crippen LogP contribution in [0.5, 0.6) is 0 Å². The summed E-state index contributed by atoms with van der Waals surface area (Å²) in [6, 6.07) is 19.3. The highest BCUT2D eigenvalue weighted by Crippen LogP contribution is 2.27. The lowest BCUT2D eigenvalue weighted by Gasteiger charge is -2.36. The van der Waals surface area contributed by atoms with Crippen LogP contribution in [-0.2, 0) is 4.79 Å². The van der Waals surface area contributed by atoms with Crippen molar-refractivity contribution in [2.24, 2.45) is 0 Å². The number of para-hydroxylation sites is 1. The first-order chi connectivity index (χ1) is 16.8. The van der Waals surface area contributed by atoms with Crippen LogP contribution < -0.4 is 4.90 Å². The van der Waals surface area contributed by atoms with Gasteiger partial charge in [0.15, 0.2) is 0 Å². The number of aromatic nitrogens is 1. The molecule has 3 aromatic rings. The minimum atomic E-state index is -0.975. The Bertz CT molecular complexity index is 1340. The Morgan fingerprint density at radius 2 is 1.66 bits per heavy atom. The molecule has 0 unspecified atom stereocenters. The molecule has 0 radical (unpaired) electrons. The molecule has 4 rings (SSSR count). The van der Waals surface area contributed by atoms with E-state index in [9.17, 15) is 20.0 Å². The molecule has 1 saturated heterocycles. The van der Waals surface area contributed by atoms with Crippen molar-refractivity contribution < 1.29 is 14.7 Å². The molecule has 1 aliphatic heterocycles. The van der Waals surface area contributed by atoms with Gasteiger partial charge in [0, 0.05) is 48.9 Å². The van der Waals surface area contributed by atoms with Crippen molar-refractivity contribution in [3.63, 3.8) is 0 Å². The second-order valence-corrected chi connectivity index (χ2v) is 8.70. The maximum atomic E-state index is 13.2. The van der Waals surface area contributed by atoms with E-state index in [4.69, 9.17) is 0 Å². The number of aryl methyl sites for hydroxylation is 1. The molecule has 1 amide bonds. The first kappa shape index (κ1) is 23.8. The summed E-state index contributed by atoms with van der Waals surface area (Å²) < 4.78 is 1.96. The number of hydrogen-bond acceptors (Lipinski definition) is 4. The van der Waals surface area contributed by atoms with Gasteiger partial charge in [-0.1, -0.05) is 24.3 Å². The molecule has 0 saturated carbocycles. The second-order valence-electron chi connectivity index (χ2n) is 8.70. The predicted molar refractivity (Wildman–Crippen MR) is 136 cm³/mol. The first-order valence-corrected chi connectivity index (χ1v) is 11.5. The van der Waals surface area contributed by atoms with Crippen molar-refractivity contribution >= 4 is 23.6 Å². The van der Waals surface area contributed by atoms with Crippen LogP contribution in [0.15, 0.2) is 60.2 Å². The fraction of sp³-hybridized carbons (Fsp3) is 0.250. The Kier molecular flexibility index (Phi) is 6.74. The number of carbonyl (C=O) groups excluding carboxylic acids is 1. The fourth-order valence-corrected chi connectivity index (χ4v) is 4.68. The zero-order valence-corrected chi connectivity index (χ0v) is 20.2. The molecule has 35 heavy (non-hydrogen) atoms. The normalized spacial score (nSPS) is 14.1. The fourth-order valence-electron chi connectivity index (χ4n) is 4.68. The molecule has 178 valence electrons. The summed E-state index contributed by atoms with van der Waals surface area (Å²) >= 11 is 0. The third kappa shape index (κ3) is 4.69. The van der Waals surface area contributed by atoms with Crippen molar-refractivity contribution in [3.8, 4) is 11.8 Å². The van der Waals surface area contributed by atoms with E-state index in [1.54, 1.807) is 30.0 Å². The van der Waals surface area contributed by atoms with E-state index >= 15 is 0 Å². The maximum Gasteiger partial charge on any atom is 0.336 e. The monoisotopic (exact) mass is 468 g/mol. The number of carboxylic acids is 1. The van der Waals surface area contributed by atoms with Crippen LogP contribution >= 0.6 is 0 Å². The Morgan fingerprint density at radius 3 is 2.29 bits per heavy atom. The lowest BCUT2D eigenvalue weighted by atomic mass is 10.1. The van der Waals surface area contributed by atoms with Gasteiger partial charge in [-0.05, 0) is 68.3 Å². The summed E-state index contributed by atoms with van der Waals surface area (Å²) in [5, 5.41) is 19.3. The van der Waals surface area contributed by atoms with E-state index in [1.165, 1.54) is 0 Å². The second kappa shape index (κ2) is 9.90. The highest BCUT2D eigenvalue weighted by Gasteiger charge is 2.24. The molecule has 2 heterocycles. The van der Waals surface area contributed by atoms with Crippen molar-refractivity contribution in [2.45, 2.75) is 20.8 Å². The van der Waals surface area contributed by atoms with E-state index in [1.807, 2.05) is 48.7 Å². The number of nitriles is 1. The van der Waals surface area contributed by atoms with Gasteiger partial charge in [-0.2, -0.15) is 5.26 Å². The number of amides is 1. The van der Waals surface area contributed by atoms with Gasteiger partial charge in [-0.15, -0.1) is 0 Å². The average Bonchev–Trinajstić information content (AvgIpc) is 3.15. The Hall–Kier alpha value is -4.31. The molecule has 1 fully saturated rings. The molecule has 0 bridgehead atoms. The van der Waals surface area contributed by atoms with E-state index in [2.05, 4.69) is 23.1 Å². The average molecular weight is 469 g/mol. The van der Waals surface area contributed by atoms with Crippen molar-refractivity contribution in [1.29, 1.82) is 5.26 Å². The maximum absolute atomic E-state index is 13.2. The first-order valence-electron chi connectivity index (χ1n) is 11.5. The number of aromatic carboxylic acids is 1. The number of piperazine rings is 1. The quantitative estimate of drug-likeness (QED) is 0.444. The van der Waals surface area contributed by atoms with E-state index in [0.717, 1.165) is 28.3 Å². The highest BCUT2D eigenvalue weighted by atomic mass is 16.4. The predicted octanol–water partition coefficient (Wildman–Crippen LogP) is 4.36. The van der Waals surface area contributed by atoms with Crippen LogP contribution in [-0.4, -0.2) is 52.6 Å². The van der Waals surface area contributed by atoms with Gasteiger partial charge in [0.2, 0.25) is 0 Å². The molecule has 1 N–H and O–H groups in total. The minimum absolute atomic E-state index is 0.0921. The van der Waals surface area contributed by atoms with Gasteiger partial charge < -0.3 is 19.5 Å². The lowest BCUT2D eigenvalue weighted by molar-refractivity contribution is -0.126. The smallest absolute Gasteiger partial charge is 0.336 e. The van der Waals surface area contributed by atoms with E-state index < -0.39 is 5.97 Å². The lowest BCUT2D eigenvalue weighted by Crippen LogP contribution is -2.49. The number of anilines is 1. The number of rotatable bonds is 5. The summed E-state index contributed by atoms with van der Waals surface area (Å²) in [6.45, 7) is 8.13. The van der Waals surface area contributed by atoms with Crippen LogP contribution in [0.2, 0.25) is 0 Å². The standard InChI is InChI=1S/C28H28N4O3/c1-19-16-22(21(3)32(19)26-11-7-10-25(20(26)2)28(34)35)17-23(18-29)27(33)31-14-12-30(13-15-31)24-8-5-4-6-9-24/h4-11,16-17H,12-15H2,1-3H3,(H,34,35)/b23-17-. The molecule has 7 heteroatoms. The SMILES string of the molecule is Cc1c(C(=O)O)cccc1-n1c(C)cc(/C=C(/C#N)C(=O)N2CCN(c3ccccc3)CC2)c1C. The minimum Gasteiger partial charge on any atom is -0.478 e.